The van der Waals surface area contributed by atoms with Gasteiger partial charge in [-0.05, 0) is 60.2 Å². The molecule has 0 spiro atoms. The summed E-state index contributed by atoms with van der Waals surface area (Å²) in [5.41, 5.74) is 1.73. The molecular formula is C21H24Cl2O4S. The highest BCUT2D eigenvalue weighted by molar-refractivity contribution is 7.86. The number of hydrogen-bond donors (Lipinski definition) is 0. The van der Waals surface area contributed by atoms with Crippen molar-refractivity contribution < 1.29 is 17.4 Å². The van der Waals surface area contributed by atoms with Gasteiger partial charge in [-0.2, -0.15) is 8.42 Å². The SMILES string of the molecule is CCOS(=O)(=O)c1c(C(C)C)cc(C(=O)c2cc(Cl)ccc2Cl)cc1C(C)C. The second kappa shape index (κ2) is 8.95. The van der Waals surface area contributed by atoms with Crippen LogP contribution in [-0.4, -0.2) is 20.8 Å². The van der Waals surface area contributed by atoms with Crippen molar-refractivity contribution in [2.24, 2.45) is 0 Å². The summed E-state index contributed by atoms with van der Waals surface area (Å²) in [5, 5.41) is 0.689. The van der Waals surface area contributed by atoms with Crippen LogP contribution in [0.2, 0.25) is 10.0 Å². The summed E-state index contributed by atoms with van der Waals surface area (Å²) in [6.45, 7) is 9.18. The van der Waals surface area contributed by atoms with Crippen molar-refractivity contribution in [1.82, 2.24) is 0 Å². The van der Waals surface area contributed by atoms with Gasteiger partial charge in [-0.1, -0.05) is 50.9 Å². The van der Waals surface area contributed by atoms with Gasteiger partial charge in [-0.3, -0.25) is 8.98 Å². The summed E-state index contributed by atoms with van der Waals surface area (Å²) in [7, 11) is -3.94. The Morgan fingerprint density at radius 3 is 2.00 bits per heavy atom. The van der Waals surface area contributed by atoms with Gasteiger partial charge in [0.05, 0.1) is 11.6 Å². The monoisotopic (exact) mass is 442 g/mol. The van der Waals surface area contributed by atoms with Crippen LogP contribution in [0.3, 0.4) is 0 Å². The first-order valence-electron chi connectivity index (χ1n) is 9.06. The molecule has 4 nitrogen and oxygen atoms in total. The fraction of sp³-hybridized carbons (Fsp3) is 0.381. The summed E-state index contributed by atoms with van der Waals surface area (Å²) in [4.78, 5) is 13.3. The fourth-order valence-electron chi connectivity index (χ4n) is 2.99. The Bertz CT molecular complexity index is 966. The van der Waals surface area contributed by atoms with E-state index >= 15 is 0 Å². The van der Waals surface area contributed by atoms with Crippen molar-refractivity contribution in [3.63, 3.8) is 0 Å². The van der Waals surface area contributed by atoms with Crippen LogP contribution in [-0.2, 0) is 14.3 Å². The van der Waals surface area contributed by atoms with Crippen LogP contribution in [0.1, 0.15) is 73.5 Å². The Kier molecular flexibility index (Phi) is 7.32. The highest BCUT2D eigenvalue weighted by Gasteiger charge is 2.28. The minimum absolute atomic E-state index is 0.0379. The van der Waals surface area contributed by atoms with Gasteiger partial charge in [0, 0.05) is 16.1 Å². The van der Waals surface area contributed by atoms with Gasteiger partial charge in [0.1, 0.15) is 4.90 Å². The third-order valence-corrected chi connectivity index (χ3v) is 6.43. The number of rotatable bonds is 7. The molecular weight excluding hydrogens is 419 g/mol. The van der Waals surface area contributed by atoms with Gasteiger partial charge in [-0.15, -0.1) is 0 Å². The van der Waals surface area contributed by atoms with Gasteiger partial charge in [0.25, 0.3) is 10.1 Å². The van der Waals surface area contributed by atoms with E-state index in [-0.39, 0.29) is 39.7 Å². The van der Waals surface area contributed by atoms with E-state index in [0.717, 1.165) is 0 Å². The van der Waals surface area contributed by atoms with Crippen LogP contribution in [0.5, 0.6) is 0 Å². The zero-order chi connectivity index (χ0) is 21.2. The molecule has 0 bridgehead atoms. The van der Waals surface area contributed by atoms with E-state index in [0.29, 0.717) is 21.7 Å². The Morgan fingerprint density at radius 1 is 1.00 bits per heavy atom. The standard InChI is InChI=1S/C21H24Cl2O4S/c1-6-27-28(25,26)21-16(12(2)3)9-14(10-17(21)13(4)5)20(24)18-11-15(22)7-8-19(18)23/h7-13H,6H2,1-5H3. The molecule has 0 aromatic heterocycles. The average Bonchev–Trinajstić information content (AvgIpc) is 2.61. The van der Waals surface area contributed by atoms with E-state index < -0.39 is 10.1 Å². The largest absolute Gasteiger partial charge is 0.297 e. The summed E-state index contributed by atoms with van der Waals surface area (Å²) in [5.74, 6) is -0.577. The zero-order valence-electron chi connectivity index (χ0n) is 16.5. The number of carbonyl (C=O) groups is 1. The molecule has 2 rings (SSSR count). The maximum Gasteiger partial charge on any atom is 0.297 e. The summed E-state index contributed by atoms with van der Waals surface area (Å²) >= 11 is 12.2. The first-order valence-corrected chi connectivity index (χ1v) is 11.2. The lowest BCUT2D eigenvalue weighted by atomic mass is 9.90. The third-order valence-electron chi connectivity index (χ3n) is 4.35. The topological polar surface area (TPSA) is 60.4 Å². The van der Waals surface area contributed by atoms with E-state index in [1.54, 1.807) is 31.2 Å². The molecule has 2 aromatic rings. The molecule has 7 heteroatoms. The minimum Gasteiger partial charge on any atom is -0.289 e. The molecule has 0 aliphatic heterocycles. The minimum atomic E-state index is -3.94. The Morgan fingerprint density at radius 2 is 1.54 bits per heavy atom. The molecule has 0 aliphatic rings. The van der Waals surface area contributed by atoms with Crippen LogP contribution >= 0.6 is 23.2 Å². The van der Waals surface area contributed by atoms with Gasteiger partial charge >= 0.3 is 0 Å². The summed E-state index contributed by atoms with van der Waals surface area (Å²) in [6.07, 6.45) is 0. The van der Waals surface area contributed by atoms with Crippen LogP contribution in [0.4, 0.5) is 0 Å². The molecule has 0 saturated heterocycles. The molecule has 28 heavy (non-hydrogen) atoms. The van der Waals surface area contributed by atoms with E-state index in [2.05, 4.69) is 0 Å². The van der Waals surface area contributed by atoms with Crippen molar-refractivity contribution in [2.45, 2.75) is 51.3 Å². The predicted octanol–water partition coefficient (Wildman–Crippen LogP) is 6.20. The highest BCUT2D eigenvalue weighted by Crippen LogP contribution is 2.35. The Labute approximate surface area is 176 Å². The van der Waals surface area contributed by atoms with Gasteiger partial charge < -0.3 is 0 Å². The number of ketones is 1. The second-order valence-electron chi connectivity index (χ2n) is 7.11. The number of carbonyl (C=O) groups excluding carboxylic acids is 1. The Hall–Kier alpha value is -1.40. The quantitative estimate of drug-likeness (QED) is 0.378. The average molecular weight is 443 g/mol. The molecule has 2 aromatic carbocycles. The molecule has 0 unspecified atom stereocenters. The lowest BCUT2D eigenvalue weighted by Gasteiger charge is -2.21. The summed E-state index contributed by atoms with van der Waals surface area (Å²) < 4.78 is 30.6. The lowest BCUT2D eigenvalue weighted by molar-refractivity contribution is 0.103. The Balaban J connectivity index is 2.79. The normalized spacial score (nSPS) is 12.0. The van der Waals surface area contributed by atoms with E-state index in [1.165, 1.54) is 6.07 Å². The zero-order valence-corrected chi connectivity index (χ0v) is 18.9. The predicted molar refractivity (Wildman–Crippen MR) is 113 cm³/mol. The van der Waals surface area contributed by atoms with Crippen molar-refractivity contribution in [3.05, 3.63) is 62.6 Å². The fourth-order valence-corrected chi connectivity index (χ4v) is 4.96. The van der Waals surface area contributed by atoms with Gasteiger partial charge in [-0.25, -0.2) is 0 Å². The van der Waals surface area contributed by atoms with Crippen LogP contribution in [0.15, 0.2) is 35.2 Å². The molecule has 0 amide bonds. The maximum absolute atomic E-state index is 13.1. The van der Waals surface area contributed by atoms with E-state index in [4.69, 9.17) is 27.4 Å². The number of benzene rings is 2. The molecule has 0 aliphatic carbocycles. The van der Waals surface area contributed by atoms with E-state index in [9.17, 15) is 13.2 Å². The molecule has 0 radical (unpaired) electrons. The van der Waals surface area contributed by atoms with E-state index in [1.807, 2.05) is 27.7 Å². The molecule has 0 heterocycles. The molecule has 0 fully saturated rings. The lowest BCUT2D eigenvalue weighted by Crippen LogP contribution is -2.16. The first-order chi connectivity index (χ1) is 13.0. The van der Waals surface area contributed by atoms with Crippen molar-refractivity contribution >= 4 is 39.1 Å². The molecule has 0 saturated carbocycles. The highest BCUT2D eigenvalue weighted by atomic mass is 35.5. The maximum atomic E-state index is 13.1. The molecule has 152 valence electrons. The smallest absolute Gasteiger partial charge is 0.289 e. The molecule has 0 N–H and O–H groups in total. The first kappa shape index (κ1) is 22.9. The van der Waals surface area contributed by atoms with Crippen LogP contribution in [0.25, 0.3) is 0 Å². The number of halogens is 2. The van der Waals surface area contributed by atoms with Gasteiger partial charge in [0.2, 0.25) is 0 Å². The third kappa shape index (κ3) is 4.77. The van der Waals surface area contributed by atoms with Crippen molar-refractivity contribution in [1.29, 1.82) is 0 Å². The second-order valence-corrected chi connectivity index (χ2v) is 9.50. The van der Waals surface area contributed by atoms with Gasteiger partial charge in [0.15, 0.2) is 5.78 Å². The molecule has 0 atom stereocenters. The number of hydrogen-bond acceptors (Lipinski definition) is 4. The van der Waals surface area contributed by atoms with Crippen LogP contribution < -0.4 is 0 Å². The van der Waals surface area contributed by atoms with Crippen LogP contribution in [0, 0.1) is 0 Å². The van der Waals surface area contributed by atoms with Crippen molar-refractivity contribution in [3.8, 4) is 0 Å². The van der Waals surface area contributed by atoms with Crippen molar-refractivity contribution in [2.75, 3.05) is 6.61 Å². The summed E-state index contributed by atoms with van der Waals surface area (Å²) in [6, 6.07) is 7.92.